The van der Waals surface area contributed by atoms with Crippen molar-refractivity contribution in [3.63, 3.8) is 0 Å². The predicted molar refractivity (Wildman–Crippen MR) is 101 cm³/mol. The monoisotopic (exact) mass is 397 g/mol. The van der Waals surface area contributed by atoms with Gasteiger partial charge in [-0.05, 0) is 60.0 Å². The molecule has 142 valence electrons. The summed E-state index contributed by atoms with van der Waals surface area (Å²) in [5.74, 6) is -0.523. The maximum absolute atomic E-state index is 13.2. The van der Waals surface area contributed by atoms with Crippen molar-refractivity contribution in [2.45, 2.75) is 19.9 Å². The molecule has 0 saturated heterocycles. The van der Waals surface area contributed by atoms with Crippen LogP contribution in [0.5, 0.6) is 0 Å². The molecule has 0 fully saturated rings. The first-order valence-corrected chi connectivity index (χ1v) is 9.34. The van der Waals surface area contributed by atoms with Crippen LogP contribution in [0.15, 0.2) is 48.2 Å². The summed E-state index contributed by atoms with van der Waals surface area (Å²) >= 11 is 1.32. The average Bonchev–Trinajstić information content (AvgIpc) is 3.42. The molecule has 0 aliphatic heterocycles. The standard InChI is InChI=1S/C18H16FN7OS/c1-11(15-9-21-26(12(15)2)14-5-3-13(19)4-6-14)22-18(27)17-16(7-8-28-17)25-10-20-23-24-25/h3-11H,1-2H3,(H,22,27). The van der Waals surface area contributed by atoms with E-state index >= 15 is 0 Å². The predicted octanol–water partition coefficient (Wildman–Crippen LogP) is 2.85. The summed E-state index contributed by atoms with van der Waals surface area (Å²) in [5, 5.41) is 20.2. The van der Waals surface area contributed by atoms with Gasteiger partial charge in [-0.25, -0.2) is 9.07 Å². The highest BCUT2D eigenvalue weighted by atomic mass is 32.1. The summed E-state index contributed by atoms with van der Waals surface area (Å²) in [7, 11) is 0. The van der Waals surface area contributed by atoms with Crippen molar-refractivity contribution in [3.05, 3.63) is 70.2 Å². The van der Waals surface area contributed by atoms with Gasteiger partial charge in [0.2, 0.25) is 0 Å². The van der Waals surface area contributed by atoms with Crippen molar-refractivity contribution in [1.82, 2.24) is 35.3 Å². The van der Waals surface area contributed by atoms with Crippen molar-refractivity contribution >= 4 is 17.2 Å². The molecule has 4 rings (SSSR count). The van der Waals surface area contributed by atoms with Gasteiger partial charge >= 0.3 is 0 Å². The van der Waals surface area contributed by atoms with Crippen LogP contribution in [0, 0.1) is 12.7 Å². The molecule has 1 N–H and O–H groups in total. The molecule has 3 aromatic heterocycles. The van der Waals surface area contributed by atoms with Crippen LogP contribution < -0.4 is 5.32 Å². The molecule has 8 nitrogen and oxygen atoms in total. The van der Waals surface area contributed by atoms with E-state index in [1.54, 1.807) is 29.1 Å². The second-order valence-electron chi connectivity index (χ2n) is 6.16. The molecular weight excluding hydrogens is 381 g/mol. The van der Waals surface area contributed by atoms with Crippen molar-refractivity contribution in [3.8, 4) is 11.4 Å². The molecule has 28 heavy (non-hydrogen) atoms. The van der Waals surface area contributed by atoms with Gasteiger partial charge in [0.25, 0.3) is 5.91 Å². The number of hydrogen-bond acceptors (Lipinski definition) is 6. The van der Waals surface area contributed by atoms with Crippen LogP contribution in [0.4, 0.5) is 4.39 Å². The topological polar surface area (TPSA) is 90.5 Å². The summed E-state index contributed by atoms with van der Waals surface area (Å²) in [6, 6.07) is 7.61. The zero-order chi connectivity index (χ0) is 19.7. The molecule has 10 heteroatoms. The lowest BCUT2D eigenvalue weighted by molar-refractivity contribution is 0.0944. The van der Waals surface area contributed by atoms with Crippen molar-refractivity contribution in [1.29, 1.82) is 0 Å². The van der Waals surface area contributed by atoms with Crippen LogP contribution in [0.3, 0.4) is 0 Å². The zero-order valence-electron chi connectivity index (χ0n) is 15.1. The molecule has 4 aromatic rings. The number of carbonyl (C=O) groups excluding carboxylic acids is 1. The summed E-state index contributed by atoms with van der Waals surface area (Å²) < 4.78 is 16.3. The van der Waals surface area contributed by atoms with E-state index in [1.807, 2.05) is 19.2 Å². The van der Waals surface area contributed by atoms with E-state index < -0.39 is 0 Å². The number of hydrogen-bond donors (Lipinski definition) is 1. The Hall–Kier alpha value is -3.40. The molecule has 1 atom stereocenters. The summed E-state index contributed by atoms with van der Waals surface area (Å²) in [4.78, 5) is 13.3. The fourth-order valence-corrected chi connectivity index (χ4v) is 3.74. The summed E-state index contributed by atoms with van der Waals surface area (Å²) in [6.07, 6.45) is 3.15. The smallest absolute Gasteiger partial charge is 0.264 e. The Morgan fingerprint density at radius 2 is 2.04 bits per heavy atom. The van der Waals surface area contributed by atoms with Gasteiger partial charge < -0.3 is 5.32 Å². The van der Waals surface area contributed by atoms with Gasteiger partial charge in [0.15, 0.2) is 0 Å². The van der Waals surface area contributed by atoms with Crippen LogP contribution in [0.2, 0.25) is 0 Å². The third-order valence-electron chi connectivity index (χ3n) is 4.38. The normalized spacial score (nSPS) is 12.1. The quantitative estimate of drug-likeness (QED) is 0.559. The van der Waals surface area contributed by atoms with E-state index in [-0.39, 0.29) is 17.8 Å². The first kappa shape index (κ1) is 18.0. The number of thiophene rings is 1. The van der Waals surface area contributed by atoms with E-state index in [1.165, 1.54) is 34.5 Å². The molecule has 0 spiro atoms. The third kappa shape index (κ3) is 3.29. The minimum Gasteiger partial charge on any atom is -0.345 e. The Morgan fingerprint density at radius 1 is 1.25 bits per heavy atom. The molecule has 1 amide bonds. The van der Waals surface area contributed by atoms with Crippen molar-refractivity contribution in [2.75, 3.05) is 0 Å². The van der Waals surface area contributed by atoms with E-state index in [4.69, 9.17) is 0 Å². The first-order chi connectivity index (χ1) is 13.5. The number of rotatable bonds is 5. The number of carbonyl (C=O) groups is 1. The third-order valence-corrected chi connectivity index (χ3v) is 5.28. The SMILES string of the molecule is Cc1c(C(C)NC(=O)c2sccc2-n2cnnn2)cnn1-c1ccc(F)cc1. The number of benzene rings is 1. The van der Waals surface area contributed by atoms with Crippen molar-refractivity contribution < 1.29 is 9.18 Å². The highest BCUT2D eigenvalue weighted by molar-refractivity contribution is 7.12. The molecule has 0 radical (unpaired) electrons. The number of nitrogens with zero attached hydrogens (tertiary/aromatic N) is 6. The number of nitrogens with one attached hydrogen (secondary N) is 1. The molecule has 0 aliphatic rings. The number of aromatic nitrogens is 6. The van der Waals surface area contributed by atoms with E-state index in [2.05, 4.69) is 25.9 Å². The minimum atomic E-state index is -0.302. The largest absolute Gasteiger partial charge is 0.345 e. The Kier molecular flexibility index (Phi) is 4.70. The molecule has 1 aromatic carbocycles. The Balaban J connectivity index is 1.55. The maximum Gasteiger partial charge on any atom is 0.264 e. The zero-order valence-corrected chi connectivity index (χ0v) is 15.9. The van der Waals surface area contributed by atoms with Crippen LogP contribution in [0.25, 0.3) is 11.4 Å². The Bertz CT molecular complexity index is 1100. The molecule has 0 bridgehead atoms. The van der Waals surface area contributed by atoms with Crippen LogP contribution in [0.1, 0.15) is 33.9 Å². The summed E-state index contributed by atoms with van der Waals surface area (Å²) in [6.45, 7) is 3.80. The molecular formula is C18H16FN7OS. The molecule has 3 heterocycles. The van der Waals surface area contributed by atoms with Crippen molar-refractivity contribution in [2.24, 2.45) is 0 Å². The maximum atomic E-state index is 13.2. The second kappa shape index (κ2) is 7.31. The van der Waals surface area contributed by atoms with Gasteiger partial charge in [-0.15, -0.1) is 16.4 Å². The lowest BCUT2D eigenvalue weighted by Crippen LogP contribution is -2.27. The molecule has 1 unspecified atom stereocenters. The Morgan fingerprint density at radius 3 is 2.75 bits per heavy atom. The van der Waals surface area contributed by atoms with Crippen LogP contribution in [-0.2, 0) is 0 Å². The van der Waals surface area contributed by atoms with Gasteiger partial charge in [0.1, 0.15) is 17.0 Å². The van der Waals surface area contributed by atoms with Gasteiger partial charge in [-0.2, -0.15) is 9.78 Å². The molecule has 0 aliphatic carbocycles. The van der Waals surface area contributed by atoms with E-state index in [0.29, 0.717) is 10.6 Å². The lowest BCUT2D eigenvalue weighted by Gasteiger charge is -2.14. The minimum absolute atomic E-state index is 0.220. The Labute approximate surface area is 163 Å². The fourth-order valence-electron chi connectivity index (χ4n) is 2.95. The van der Waals surface area contributed by atoms with Gasteiger partial charge in [-0.3, -0.25) is 4.79 Å². The van der Waals surface area contributed by atoms with Crippen LogP contribution in [-0.4, -0.2) is 35.9 Å². The average molecular weight is 397 g/mol. The summed E-state index contributed by atoms with van der Waals surface area (Å²) in [5.41, 5.74) is 3.12. The van der Waals surface area contributed by atoms with E-state index in [9.17, 15) is 9.18 Å². The van der Waals surface area contributed by atoms with Gasteiger partial charge in [0, 0.05) is 11.3 Å². The second-order valence-corrected chi connectivity index (χ2v) is 7.07. The number of tetrazole rings is 1. The lowest BCUT2D eigenvalue weighted by atomic mass is 10.1. The number of amides is 1. The van der Waals surface area contributed by atoms with E-state index in [0.717, 1.165) is 16.9 Å². The van der Waals surface area contributed by atoms with Crippen LogP contribution >= 0.6 is 11.3 Å². The van der Waals surface area contributed by atoms with Gasteiger partial charge in [-0.1, -0.05) is 0 Å². The number of halogens is 1. The fraction of sp³-hybridized carbons (Fsp3) is 0.167. The highest BCUT2D eigenvalue weighted by Crippen LogP contribution is 2.24. The highest BCUT2D eigenvalue weighted by Gasteiger charge is 2.20. The first-order valence-electron chi connectivity index (χ1n) is 8.47. The molecule has 0 saturated carbocycles. The van der Waals surface area contributed by atoms with Gasteiger partial charge in [0.05, 0.1) is 23.6 Å².